The van der Waals surface area contributed by atoms with Crippen molar-refractivity contribution in [2.45, 2.75) is 0 Å². The molecular formula is C16H13N3O4. The Morgan fingerprint density at radius 2 is 2.09 bits per heavy atom. The first-order valence-electron chi connectivity index (χ1n) is 6.73. The summed E-state index contributed by atoms with van der Waals surface area (Å²) in [5.41, 5.74) is 6.11. The molecule has 116 valence electrons. The Labute approximate surface area is 131 Å². The van der Waals surface area contributed by atoms with Crippen LogP contribution in [-0.2, 0) is 0 Å². The predicted octanol–water partition coefficient (Wildman–Crippen LogP) is 2.19. The number of nitrogens with zero attached hydrogens (tertiary/aromatic N) is 1. The minimum atomic E-state index is -0.788. The Morgan fingerprint density at radius 1 is 1.26 bits per heavy atom. The average molecular weight is 311 g/mol. The fourth-order valence-electron chi connectivity index (χ4n) is 2.18. The zero-order valence-corrected chi connectivity index (χ0v) is 12.2. The van der Waals surface area contributed by atoms with E-state index in [1.807, 2.05) is 0 Å². The number of carbonyl (C=O) groups excluding carboxylic acids is 2. The number of furan rings is 1. The van der Waals surface area contributed by atoms with Gasteiger partial charge in [0, 0.05) is 11.8 Å². The first-order valence-corrected chi connectivity index (χ1v) is 6.73. The van der Waals surface area contributed by atoms with Crippen molar-refractivity contribution in [1.29, 1.82) is 0 Å². The fourth-order valence-corrected chi connectivity index (χ4v) is 2.18. The van der Waals surface area contributed by atoms with Gasteiger partial charge in [-0.3, -0.25) is 9.59 Å². The van der Waals surface area contributed by atoms with Gasteiger partial charge in [-0.2, -0.15) is 0 Å². The van der Waals surface area contributed by atoms with Crippen LogP contribution in [0.4, 0.5) is 5.69 Å². The lowest BCUT2D eigenvalue weighted by Crippen LogP contribution is -2.17. The number of carbonyl (C=O) groups is 2. The smallest absolute Gasteiger partial charge is 0.286 e. The second-order valence-electron chi connectivity index (χ2n) is 4.71. The van der Waals surface area contributed by atoms with Crippen LogP contribution in [-0.4, -0.2) is 23.9 Å². The number of methoxy groups -OCH3 is 1. The summed E-state index contributed by atoms with van der Waals surface area (Å²) in [6.45, 7) is 0. The van der Waals surface area contributed by atoms with Crippen molar-refractivity contribution in [2.24, 2.45) is 5.73 Å². The molecule has 2 aromatic heterocycles. The highest BCUT2D eigenvalue weighted by Gasteiger charge is 2.21. The standard InChI is InChI=1S/C16H13N3O4/c1-22-10-5-2-4-9(8-10)15(21)19-12-11-6-3-7-18-16(11)23-13(12)14(17)20/h2-8H,1H3,(H2,17,20)(H,19,21). The number of hydrogen-bond acceptors (Lipinski definition) is 5. The minimum absolute atomic E-state index is 0.144. The molecule has 0 saturated heterocycles. The number of anilines is 1. The summed E-state index contributed by atoms with van der Waals surface area (Å²) in [7, 11) is 1.51. The molecule has 0 aliphatic carbocycles. The first kappa shape index (κ1) is 14.6. The molecule has 0 spiro atoms. The van der Waals surface area contributed by atoms with E-state index in [4.69, 9.17) is 14.9 Å². The third-order valence-corrected chi connectivity index (χ3v) is 3.26. The van der Waals surface area contributed by atoms with E-state index in [0.717, 1.165) is 0 Å². The van der Waals surface area contributed by atoms with Crippen LogP contribution in [0.3, 0.4) is 0 Å². The molecule has 3 N–H and O–H groups in total. The fraction of sp³-hybridized carbons (Fsp3) is 0.0625. The molecule has 0 atom stereocenters. The highest BCUT2D eigenvalue weighted by molar-refractivity contribution is 6.13. The van der Waals surface area contributed by atoms with Gasteiger partial charge >= 0.3 is 0 Å². The van der Waals surface area contributed by atoms with Crippen molar-refractivity contribution in [3.8, 4) is 5.75 Å². The van der Waals surface area contributed by atoms with Gasteiger partial charge in [-0.05, 0) is 30.3 Å². The number of benzene rings is 1. The third kappa shape index (κ3) is 2.71. The van der Waals surface area contributed by atoms with Crippen LogP contribution in [0.1, 0.15) is 20.9 Å². The Hall–Kier alpha value is -3.35. The van der Waals surface area contributed by atoms with Gasteiger partial charge in [0.2, 0.25) is 11.5 Å². The normalized spacial score (nSPS) is 10.5. The average Bonchev–Trinajstić information content (AvgIpc) is 2.94. The first-order chi connectivity index (χ1) is 11.1. The molecular weight excluding hydrogens is 298 g/mol. The molecule has 3 rings (SSSR count). The van der Waals surface area contributed by atoms with Crippen LogP contribution in [0.25, 0.3) is 11.1 Å². The highest BCUT2D eigenvalue weighted by Crippen LogP contribution is 2.29. The van der Waals surface area contributed by atoms with Crippen molar-refractivity contribution >= 4 is 28.6 Å². The van der Waals surface area contributed by atoms with Crippen molar-refractivity contribution in [1.82, 2.24) is 4.98 Å². The van der Waals surface area contributed by atoms with E-state index in [-0.39, 0.29) is 17.2 Å². The van der Waals surface area contributed by atoms with Crippen LogP contribution in [0, 0.1) is 0 Å². The number of hydrogen-bond donors (Lipinski definition) is 2. The van der Waals surface area contributed by atoms with Crippen LogP contribution >= 0.6 is 0 Å². The predicted molar refractivity (Wildman–Crippen MR) is 83.5 cm³/mol. The second-order valence-corrected chi connectivity index (χ2v) is 4.71. The van der Waals surface area contributed by atoms with Gasteiger partial charge in [-0.25, -0.2) is 4.98 Å². The van der Waals surface area contributed by atoms with E-state index in [2.05, 4.69) is 10.3 Å². The molecule has 0 radical (unpaired) electrons. The molecule has 2 amide bonds. The summed E-state index contributed by atoms with van der Waals surface area (Å²) >= 11 is 0. The van der Waals surface area contributed by atoms with Crippen LogP contribution in [0.5, 0.6) is 5.75 Å². The number of rotatable bonds is 4. The SMILES string of the molecule is COc1cccc(C(=O)Nc2c(C(N)=O)oc3ncccc23)c1. The maximum absolute atomic E-state index is 12.4. The lowest BCUT2D eigenvalue weighted by atomic mass is 10.2. The molecule has 3 aromatic rings. The Kier molecular flexibility index (Phi) is 3.68. The summed E-state index contributed by atoms with van der Waals surface area (Å²) in [5.74, 6) is -0.802. The minimum Gasteiger partial charge on any atom is -0.497 e. The molecule has 0 fully saturated rings. The number of pyridine rings is 1. The maximum Gasteiger partial charge on any atom is 0.286 e. The summed E-state index contributed by atoms with van der Waals surface area (Å²) in [5, 5.41) is 3.15. The molecule has 0 aliphatic heterocycles. The number of amides is 2. The molecule has 0 unspecified atom stereocenters. The van der Waals surface area contributed by atoms with Crippen molar-refractivity contribution in [2.75, 3.05) is 12.4 Å². The maximum atomic E-state index is 12.4. The van der Waals surface area contributed by atoms with Gasteiger partial charge in [0.1, 0.15) is 11.4 Å². The quantitative estimate of drug-likeness (QED) is 0.768. The summed E-state index contributed by atoms with van der Waals surface area (Å²) in [4.78, 5) is 28.0. The molecule has 2 heterocycles. The van der Waals surface area contributed by atoms with Gasteiger partial charge in [0.25, 0.3) is 11.8 Å². The molecule has 0 bridgehead atoms. The lowest BCUT2D eigenvalue weighted by molar-refractivity contribution is 0.0977. The van der Waals surface area contributed by atoms with E-state index in [1.165, 1.54) is 13.3 Å². The van der Waals surface area contributed by atoms with E-state index in [0.29, 0.717) is 16.7 Å². The monoisotopic (exact) mass is 311 g/mol. The number of nitrogens with two attached hydrogens (primary N) is 1. The number of fused-ring (bicyclic) bond motifs is 1. The van der Waals surface area contributed by atoms with Crippen LogP contribution in [0.2, 0.25) is 0 Å². The molecule has 7 heteroatoms. The Morgan fingerprint density at radius 3 is 2.83 bits per heavy atom. The summed E-state index contributed by atoms with van der Waals surface area (Å²) < 4.78 is 10.4. The molecule has 0 aliphatic rings. The van der Waals surface area contributed by atoms with Crippen molar-refractivity contribution in [3.63, 3.8) is 0 Å². The Bertz CT molecular complexity index is 901. The highest BCUT2D eigenvalue weighted by atomic mass is 16.5. The summed E-state index contributed by atoms with van der Waals surface area (Å²) in [6, 6.07) is 9.98. The molecule has 1 aromatic carbocycles. The van der Waals surface area contributed by atoms with E-state index in [9.17, 15) is 9.59 Å². The number of primary amides is 1. The van der Waals surface area contributed by atoms with E-state index < -0.39 is 11.8 Å². The van der Waals surface area contributed by atoms with Gasteiger partial charge in [0.15, 0.2) is 0 Å². The zero-order valence-electron chi connectivity index (χ0n) is 12.2. The Balaban J connectivity index is 2.01. The molecule has 23 heavy (non-hydrogen) atoms. The van der Waals surface area contributed by atoms with Crippen molar-refractivity contribution in [3.05, 3.63) is 53.9 Å². The van der Waals surface area contributed by atoms with Gasteiger partial charge in [0.05, 0.1) is 12.5 Å². The zero-order chi connectivity index (χ0) is 16.4. The number of aromatic nitrogens is 1. The summed E-state index contributed by atoms with van der Waals surface area (Å²) in [6.07, 6.45) is 1.52. The largest absolute Gasteiger partial charge is 0.497 e. The van der Waals surface area contributed by atoms with Gasteiger partial charge in [-0.1, -0.05) is 6.07 Å². The van der Waals surface area contributed by atoms with E-state index in [1.54, 1.807) is 36.4 Å². The second kappa shape index (κ2) is 5.80. The lowest BCUT2D eigenvalue weighted by Gasteiger charge is -2.06. The van der Waals surface area contributed by atoms with Gasteiger partial charge in [-0.15, -0.1) is 0 Å². The topological polar surface area (TPSA) is 107 Å². The van der Waals surface area contributed by atoms with Crippen LogP contribution in [0.15, 0.2) is 47.0 Å². The van der Waals surface area contributed by atoms with Gasteiger partial charge < -0.3 is 20.2 Å². The van der Waals surface area contributed by atoms with E-state index >= 15 is 0 Å². The number of ether oxygens (including phenoxy) is 1. The molecule has 0 saturated carbocycles. The van der Waals surface area contributed by atoms with Crippen LogP contribution < -0.4 is 15.8 Å². The van der Waals surface area contributed by atoms with Crippen molar-refractivity contribution < 1.29 is 18.7 Å². The number of nitrogens with one attached hydrogen (secondary N) is 1. The molecule has 7 nitrogen and oxygen atoms in total. The third-order valence-electron chi connectivity index (χ3n) is 3.26.